The van der Waals surface area contributed by atoms with Gasteiger partial charge >= 0.3 is 5.97 Å². The van der Waals surface area contributed by atoms with E-state index in [0.717, 1.165) is 0 Å². The molecule has 0 aliphatic carbocycles. The van der Waals surface area contributed by atoms with Crippen LogP contribution in [0.1, 0.15) is 31.1 Å². The second kappa shape index (κ2) is 9.53. The molecule has 0 saturated heterocycles. The van der Waals surface area contributed by atoms with Gasteiger partial charge in [-0.15, -0.1) is 0 Å². The average molecular weight is 420 g/mol. The summed E-state index contributed by atoms with van der Waals surface area (Å²) in [4.78, 5) is 24.0. The lowest BCUT2D eigenvalue weighted by atomic mass is 10.2. The minimum atomic E-state index is -3.58. The van der Waals surface area contributed by atoms with E-state index < -0.39 is 22.0 Å². The van der Waals surface area contributed by atoms with E-state index in [0.29, 0.717) is 16.9 Å². The smallest absolute Gasteiger partial charge is 0.337 e. The molecule has 1 amide bonds. The molecule has 0 aliphatic rings. The number of hydrogen-bond donors (Lipinski definition) is 3. The van der Waals surface area contributed by atoms with E-state index in [4.69, 9.17) is 0 Å². The first kappa shape index (κ1) is 22.4. The third-order valence-corrected chi connectivity index (χ3v) is 5.58. The van der Waals surface area contributed by atoms with E-state index in [1.807, 2.05) is 0 Å². The van der Waals surface area contributed by atoms with Crippen LogP contribution in [0.4, 0.5) is 11.4 Å². The summed E-state index contributed by atoms with van der Waals surface area (Å²) in [5.41, 5.74) is 1.56. The zero-order valence-corrected chi connectivity index (χ0v) is 17.5. The van der Waals surface area contributed by atoms with Crippen LogP contribution in [0.25, 0.3) is 0 Å². The standard InChI is InChI=1S/C20H25N3O5S/c1-13(2)23-29(26,27)18-11-9-17(10-12-18)22-19(24)14(3)21-16-7-5-15(6-8-16)20(25)28-4/h5-14,21,23H,1-4H3,(H,22,24)/t14-/m0/s1. The summed E-state index contributed by atoms with van der Waals surface area (Å²) in [6, 6.07) is 11.7. The summed E-state index contributed by atoms with van der Waals surface area (Å²) < 4.78 is 31.4. The molecule has 0 saturated carbocycles. The highest BCUT2D eigenvalue weighted by Gasteiger charge is 2.17. The second-order valence-electron chi connectivity index (χ2n) is 6.72. The van der Waals surface area contributed by atoms with Gasteiger partial charge in [0.1, 0.15) is 6.04 Å². The Kier molecular flexibility index (Phi) is 7.35. The largest absolute Gasteiger partial charge is 0.465 e. The number of nitrogens with one attached hydrogen (secondary N) is 3. The summed E-state index contributed by atoms with van der Waals surface area (Å²) in [5, 5.41) is 5.76. The van der Waals surface area contributed by atoms with Crippen LogP contribution in [0.3, 0.4) is 0 Å². The molecule has 0 unspecified atom stereocenters. The lowest BCUT2D eigenvalue weighted by molar-refractivity contribution is -0.116. The van der Waals surface area contributed by atoms with Crippen molar-refractivity contribution in [2.45, 2.75) is 37.8 Å². The van der Waals surface area contributed by atoms with Crippen molar-refractivity contribution in [1.29, 1.82) is 0 Å². The zero-order chi connectivity index (χ0) is 21.6. The molecular formula is C20H25N3O5S. The molecule has 0 fully saturated rings. The fourth-order valence-corrected chi connectivity index (χ4v) is 3.73. The molecule has 29 heavy (non-hydrogen) atoms. The second-order valence-corrected chi connectivity index (χ2v) is 8.44. The minimum Gasteiger partial charge on any atom is -0.465 e. The van der Waals surface area contributed by atoms with Gasteiger partial charge in [-0.05, 0) is 69.3 Å². The van der Waals surface area contributed by atoms with Crippen LogP contribution >= 0.6 is 0 Å². The van der Waals surface area contributed by atoms with Crippen molar-refractivity contribution in [3.63, 3.8) is 0 Å². The molecule has 0 aromatic heterocycles. The van der Waals surface area contributed by atoms with E-state index in [2.05, 4.69) is 20.1 Å². The molecule has 0 radical (unpaired) electrons. The number of sulfonamides is 1. The Bertz CT molecular complexity index is 955. The monoisotopic (exact) mass is 419 g/mol. The number of benzene rings is 2. The number of methoxy groups -OCH3 is 1. The predicted octanol–water partition coefficient (Wildman–Crippen LogP) is 2.60. The van der Waals surface area contributed by atoms with Gasteiger partial charge in [-0.2, -0.15) is 0 Å². The van der Waals surface area contributed by atoms with Crippen molar-refractivity contribution in [2.24, 2.45) is 0 Å². The van der Waals surface area contributed by atoms with Crippen molar-refractivity contribution in [2.75, 3.05) is 17.7 Å². The van der Waals surface area contributed by atoms with Crippen molar-refractivity contribution >= 4 is 33.3 Å². The number of carbonyl (C=O) groups is 2. The molecule has 0 heterocycles. The molecule has 1 atom stereocenters. The number of rotatable bonds is 8. The molecular weight excluding hydrogens is 394 g/mol. The van der Waals surface area contributed by atoms with Crippen molar-refractivity contribution < 1.29 is 22.7 Å². The summed E-state index contributed by atoms with van der Waals surface area (Å²) in [6.45, 7) is 5.17. The first-order valence-corrected chi connectivity index (χ1v) is 10.5. The van der Waals surface area contributed by atoms with Crippen molar-refractivity contribution in [3.05, 3.63) is 54.1 Å². The fraction of sp³-hybridized carbons (Fsp3) is 0.300. The maximum absolute atomic E-state index is 12.4. The van der Waals surface area contributed by atoms with Gasteiger partial charge in [-0.25, -0.2) is 17.9 Å². The molecule has 2 aromatic rings. The molecule has 0 bridgehead atoms. The number of hydrogen-bond acceptors (Lipinski definition) is 6. The van der Waals surface area contributed by atoms with E-state index in [1.54, 1.807) is 45.0 Å². The zero-order valence-electron chi connectivity index (χ0n) is 16.7. The summed E-state index contributed by atoms with van der Waals surface area (Å²) in [5.74, 6) is -0.727. The number of amides is 1. The number of ether oxygens (including phenoxy) is 1. The molecule has 156 valence electrons. The van der Waals surface area contributed by atoms with E-state index in [9.17, 15) is 18.0 Å². The first-order chi connectivity index (χ1) is 13.6. The van der Waals surface area contributed by atoms with Gasteiger partial charge in [0, 0.05) is 17.4 Å². The minimum absolute atomic E-state index is 0.126. The molecule has 9 heteroatoms. The van der Waals surface area contributed by atoms with Gasteiger partial charge in [0.15, 0.2) is 0 Å². The number of esters is 1. The van der Waals surface area contributed by atoms with Gasteiger partial charge in [-0.1, -0.05) is 0 Å². The van der Waals surface area contributed by atoms with Crippen LogP contribution in [0.5, 0.6) is 0 Å². The van der Waals surface area contributed by atoms with Gasteiger partial charge in [0.05, 0.1) is 17.6 Å². The Morgan fingerprint density at radius 3 is 1.97 bits per heavy atom. The summed E-state index contributed by atoms with van der Waals surface area (Å²) >= 11 is 0. The van der Waals surface area contributed by atoms with Crippen LogP contribution in [-0.2, 0) is 19.6 Å². The van der Waals surface area contributed by atoms with Crippen LogP contribution in [0.15, 0.2) is 53.4 Å². The SMILES string of the molecule is COC(=O)c1ccc(N[C@@H](C)C(=O)Nc2ccc(S(=O)(=O)NC(C)C)cc2)cc1. The maximum Gasteiger partial charge on any atom is 0.337 e. The first-order valence-electron chi connectivity index (χ1n) is 9.00. The van der Waals surface area contributed by atoms with Gasteiger partial charge in [0.2, 0.25) is 15.9 Å². The van der Waals surface area contributed by atoms with Crippen LogP contribution in [0, 0.1) is 0 Å². The highest BCUT2D eigenvalue weighted by Crippen LogP contribution is 2.16. The topological polar surface area (TPSA) is 114 Å². The lowest BCUT2D eigenvalue weighted by Gasteiger charge is -2.16. The Morgan fingerprint density at radius 1 is 0.897 bits per heavy atom. The quantitative estimate of drug-likeness (QED) is 0.567. The Balaban J connectivity index is 1.98. The lowest BCUT2D eigenvalue weighted by Crippen LogP contribution is -2.32. The molecule has 8 nitrogen and oxygen atoms in total. The van der Waals surface area contributed by atoms with Crippen LogP contribution < -0.4 is 15.4 Å². The molecule has 2 aromatic carbocycles. The van der Waals surface area contributed by atoms with E-state index >= 15 is 0 Å². The molecule has 0 spiro atoms. The highest BCUT2D eigenvalue weighted by atomic mass is 32.2. The molecule has 0 aliphatic heterocycles. The van der Waals surface area contributed by atoms with Gasteiger partial charge in [-0.3, -0.25) is 4.79 Å². The Labute approximate surface area is 170 Å². The third kappa shape index (κ3) is 6.30. The summed E-state index contributed by atoms with van der Waals surface area (Å²) in [6.07, 6.45) is 0. The highest BCUT2D eigenvalue weighted by molar-refractivity contribution is 7.89. The average Bonchev–Trinajstić information content (AvgIpc) is 2.67. The molecule has 3 N–H and O–H groups in total. The normalized spacial score (nSPS) is 12.3. The fourth-order valence-electron chi connectivity index (χ4n) is 2.48. The van der Waals surface area contributed by atoms with Crippen molar-refractivity contribution in [3.8, 4) is 0 Å². The maximum atomic E-state index is 12.4. The van der Waals surface area contributed by atoms with Crippen LogP contribution in [-0.4, -0.2) is 39.5 Å². The Hall–Kier alpha value is -2.91. The third-order valence-electron chi connectivity index (χ3n) is 3.91. The molecule has 2 rings (SSSR count). The number of carbonyl (C=O) groups excluding carboxylic acids is 2. The van der Waals surface area contributed by atoms with Crippen molar-refractivity contribution in [1.82, 2.24) is 4.72 Å². The van der Waals surface area contributed by atoms with E-state index in [1.165, 1.54) is 31.4 Å². The van der Waals surface area contributed by atoms with E-state index in [-0.39, 0.29) is 16.8 Å². The predicted molar refractivity (Wildman–Crippen MR) is 111 cm³/mol. The number of anilines is 2. The van der Waals surface area contributed by atoms with Gasteiger partial charge < -0.3 is 15.4 Å². The van der Waals surface area contributed by atoms with Crippen LogP contribution in [0.2, 0.25) is 0 Å². The summed E-state index contributed by atoms with van der Waals surface area (Å²) in [7, 11) is -2.27. The Morgan fingerprint density at radius 2 is 1.45 bits per heavy atom. The van der Waals surface area contributed by atoms with Gasteiger partial charge in [0.25, 0.3) is 0 Å².